The first-order valence-electron chi connectivity index (χ1n) is 5.58. The highest BCUT2D eigenvalue weighted by Crippen LogP contribution is 2.36. The molecule has 1 aromatic carbocycles. The molecular formula is C14H12BrCl2N. The minimum Gasteiger partial charge on any atom is -0.261 e. The monoisotopic (exact) mass is 343 g/mol. The Kier molecular flexibility index (Phi) is 4.66. The van der Waals surface area contributed by atoms with E-state index in [9.17, 15) is 0 Å². The molecule has 0 aliphatic carbocycles. The molecule has 0 bridgehead atoms. The number of aryl methyl sites for hydroxylation is 1. The van der Waals surface area contributed by atoms with Crippen LogP contribution in [-0.2, 0) is 6.42 Å². The van der Waals surface area contributed by atoms with Crippen LogP contribution >= 0.6 is 39.1 Å². The minimum atomic E-state index is 0.109. The van der Waals surface area contributed by atoms with Crippen LogP contribution in [0, 0.1) is 6.92 Å². The second-order valence-corrected chi connectivity index (χ2v) is 5.97. The number of hydrogen-bond donors (Lipinski definition) is 0. The molecule has 0 amide bonds. The van der Waals surface area contributed by atoms with Crippen molar-refractivity contribution in [3.63, 3.8) is 0 Å². The van der Waals surface area contributed by atoms with Gasteiger partial charge >= 0.3 is 0 Å². The summed E-state index contributed by atoms with van der Waals surface area (Å²) in [6.07, 6.45) is 2.59. The summed E-state index contributed by atoms with van der Waals surface area (Å²) in [5.74, 6) is 0. The van der Waals surface area contributed by atoms with Gasteiger partial charge in [-0.2, -0.15) is 0 Å². The van der Waals surface area contributed by atoms with E-state index in [1.54, 1.807) is 6.07 Å². The van der Waals surface area contributed by atoms with Gasteiger partial charge in [-0.25, -0.2) is 0 Å². The summed E-state index contributed by atoms with van der Waals surface area (Å²) >= 11 is 15.9. The molecule has 4 heteroatoms. The third-order valence-corrected chi connectivity index (χ3v) is 4.46. The topological polar surface area (TPSA) is 12.9 Å². The zero-order valence-corrected chi connectivity index (χ0v) is 12.9. The Morgan fingerprint density at radius 3 is 2.72 bits per heavy atom. The number of alkyl halides is 1. The third kappa shape index (κ3) is 3.05. The summed E-state index contributed by atoms with van der Waals surface area (Å²) in [5.41, 5.74) is 3.24. The summed E-state index contributed by atoms with van der Waals surface area (Å²) in [5, 5.41) is 1.19. The van der Waals surface area contributed by atoms with Gasteiger partial charge < -0.3 is 0 Å². The van der Waals surface area contributed by atoms with E-state index in [4.69, 9.17) is 23.2 Å². The zero-order chi connectivity index (χ0) is 13.1. The van der Waals surface area contributed by atoms with Crippen LogP contribution in [0.3, 0.4) is 0 Å². The summed E-state index contributed by atoms with van der Waals surface area (Å²) in [4.78, 5) is 4.50. The van der Waals surface area contributed by atoms with E-state index >= 15 is 0 Å². The smallest absolute Gasteiger partial charge is 0.0635 e. The molecule has 2 aromatic rings. The van der Waals surface area contributed by atoms with Gasteiger partial charge in [-0.15, -0.1) is 0 Å². The van der Waals surface area contributed by atoms with Gasteiger partial charge in [0.25, 0.3) is 0 Å². The molecule has 0 saturated heterocycles. The predicted molar refractivity (Wildman–Crippen MR) is 80.8 cm³/mol. The molecular weight excluding hydrogens is 333 g/mol. The lowest BCUT2D eigenvalue weighted by Gasteiger charge is -2.13. The van der Waals surface area contributed by atoms with Crippen LogP contribution < -0.4 is 0 Å². The second-order valence-electron chi connectivity index (χ2n) is 4.08. The Labute approximate surface area is 125 Å². The van der Waals surface area contributed by atoms with Gasteiger partial charge in [-0.1, -0.05) is 57.3 Å². The molecule has 2 rings (SSSR count). The lowest BCUT2D eigenvalue weighted by molar-refractivity contribution is 0.892. The van der Waals surface area contributed by atoms with Crippen LogP contribution in [0.25, 0.3) is 0 Å². The van der Waals surface area contributed by atoms with Crippen molar-refractivity contribution in [3.05, 3.63) is 63.4 Å². The molecule has 0 N–H and O–H groups in total. The number of benzene rings is 1. The molecule has 0 aliphatic rings. The molecule has 1 nitrogen and oxygen atoms in total. The molecule has 1 heterocycles. The standard InChI is InChI=1S/C14H12BrCl2N/c1-9-4-3-7-18-13(9)8-11(15)10-5-2-6-12(16)14(10)17/h2-7,11H,8H2,1H3. The fraction of sp³-hybridized carbons (Fsp3) is 0.214. The van der Waals surface area contributed by atoms with Gasteiger partial charge in [0.15, 0.2) is 0 Å². The van der Waals surface area contributed by atoms with Crippen LogP contribution in [-0.4, -0.2) is 4.98 Å². The van der Waals surface area contributed by atoms with Crippen molar-refractivity contribution in [2.75, 3.05) is 0 Å². The maximum Gasteiger partial charge on any atom is 0.0635 e. The van der Waals surface area contributed by atoms with Crippen molar-refractivity contribution < 1.29 is 0 Å². The summed E-state index contributed by atoms with van der Waals surface area (Å²) in [6, 6.07) is 9.67. The molecule has 0 radical (unpaired) electrons. The Morgan fingerprint density at radius 1 is 1.22 bits per heavy atom. The molecule has 0 aliphatic heterocycles. The van der Waals surface area contributed by atoms with Gasteiger partial charge in [-0.05, 0) is 30.2 Å². The van der Waals surface area contributed by atoms with Crippen molar-refractivity contribution in [1.29, 1.82) is 0 Å². The van der Waals surface area contributed by atoms with Gasteiger partial charge in [-0.3, -0.25) is 4.98 Å². The van der Waals surface area contributed by atoms with E-state index in [-0.39, 0.29) is 4.83 Å². The van der Waals surface area contributed by atoms with Crippen molar-refractivity contribution in [3.8, 4) is 0 Å². The van der Waals surface area contributed by atoms with Gasteiger partial charge in [0.05, 0.1) is 10.0 Å². The predicted octanol–water partition coefficient (Wildman–Crippen LogP) is 5.38. The van der Waals surface area contributed by atoms with Gasteiger partial charge in [0, 0.05) is 23.1 Å². The number of aromatic nitrogens is 1. The number of nitrogens with zero attached hydrogens (tertiary/aromatic N) is 1. The van der Waals surface area contributed by atoms with Crippen molar-refractivity contribution >= 4 is 39.1 Å². The van der Waals surface area contributed by atoms with E-state index in [1.165, 1.54) is 5.56 Å². The fourth-order valence-electron chi connectivity index (χ4n) is 1.77. The average Bonchev–Trinajstić information content (AvgIpc) is 2.35. The first-order chi connectivity index (χ1) is 8.59. The number of pyridine rings is 1. The summed E-state index contributed by atoms with van der Waals surface area (Å²) in [7, 11) is 0. The Balaban J connectivity index is 2.25. The number of hydrogen-bond acceptors (Lipinski definition) is 1. The van der Waals surface area contributed by atoms with E-state index in [0.29, 0.717) is 10.0 Å². The van der Waals surface area contributed by atoms with Crippen LogP contribution in [0.4, 0.5) is 0 Å². The Hall–Kier alpha value is -0.570. The van der Waals surface area contributed by atoms with Gasteiger partial charge in [0.2, 0.25) is 0 Å². The number of halogens is 3. The van der Waals surface area contributed by atoms with E-state index < -0.39 is 0 Å². The highest BCUT2D eigenvalue weighted by molar-refractivity contribution is 9.09. The van der Waals surface area contributed by atoms with Crippen molar-refractivity contribution in [1.82, 2.24) is 4.98 Å². The normalized spacial score (nSPS) is 12.4. The highest BCUT2D eigenvalue weighted by atomic mass is 79.9. The van der Waals surface area contributed by atoms with Crippen LogP contribution in [0.15, 0.2) is 36.5 Å². The van der Waals surface area contributed by atoms with Crippen LogP contribution in [0.5, 0.6) is 0 Å². The molecule has 1 unspecified atom stereocenters. The maximum atomic E-state index is 6.21. The second kappa shape index (κ2) is 6.05. The SMILES string of the molecule is Cc1cccnc1CC(Br)c1cccc(Cl)c1Cl. The van der Waals surface area contributed by atoms with Gasteiger partial charge in [0.1, 0.15) is 0 Å². The lowest BCUT2D eigenvalue weighted by Crippen LogP contribution is -2.00. The largest absolute Gasteiger partial charge is 0.261 e. The summed E-state index contributed by atoms with van der Waals surface area (Å²) in [6.45, 7) is 2.06. The molecule has 0 saturated carbocycles. The fourth-order valence-corrected chi connectivity index (χ4v) is 3.03. The maximum absolute atomic E-state index is 6.21. The van der Waals surface area contributed by atoms with E-state index in [0.717, 1.165) is 17.7 Å². The Bertz CT molecular complexity index is 557. The molecule has 0 fully saturated rings. The molecule has 94 valence electrons. The first-order valence-corrected chi connectivity index (χ1v) is 7.25. The highest BCUT2D eigenvalue weighted by Gasteiger charge is 2.15. The average molecular weight is 345 g/mol. The molecule has 0 spiro atoms. The first kappa shape index (κ1) is 13.9. The zero-order valence-electron chi connectivity index (χ0n) is 9.83. The van der Waals surface area contributed by atoms with Crippen molar-refractivity contribution in [2.24, 2.45) is 0 Å². The quantitative estimate of drug-likeness (QED) is 0.681. The molecule has 1 aromatic heterocycles. The lowest BCUT2D eigenvalue weighted by atomic mass is 10.1. The van der Waals surface area contributed by atoms with Crippen LogP contribution in [0.2, 0.25) is 10.0 Å². The van der Waals surface area contributed by atoms with E-state index in [2.05, 4.69) is 33.9 Å². The third-order valence-electron chi connectivity index (χ3n) is 2.81. The molecule has 18 heavy (non-hydrogen) atoms. The van der Waals surface area contributed by atoms with Crippen molar-refractivity contribution in [2.45, 2.75) is 18.2 Å². The minimum absolute atomic E-state index is 0.109. The van der Waals surface area contributed by atoms with Crippen LogP contribution in [0.1, 0.15) is 21.6 Å². The molecule has 1 atom stereocenters. The Morgan fingerprint density at radius 2 is 2.00 bits per heavy atom. The van der Waals surface area contributed by atoms with E-state index in [1.807, 2.05) is 24.4 Å². The summed E-state index contributed by atoms with van der Waals surface area (Å²) < 4.78 is 0. The number of rotatable bonds is 3.